The van der Waals surface area contributed by atoms with Crippen molar-refractivity contribution in [1.82, 2.24) is 4.90 Å². The van der Waals surface area contributed by atoms with Gasteiger partial charge in [-0.05, 0) is 37.0 Å². The molecular formula is C15H27NO. The zero-order chi connectivity index (χ0) is 13.1. The van der Waals surface area contributed by atoms with Crippen LogP contribution in [0.1, 0.15) is 60.8 Å². The number of amides is 1. The number of likely N-dealkylation sites (tertiary alicyclic amines) is 1. The van der Waals surface area contributed by atoms with Crippen LogP contribution in [-0.2, 0) is 4.79 Å². The first-order valence-corrected chi connectivity index (χ1v) is 6.91. The van der Waals surface area contributed by atoms with Crippen molar-refractivity contribution in [2.24, 2.45) is 16.7 Å². The van der Waals surface area contributed by atoms with E-state index >= 15 is 0 Å². The van der Waals surface area contributed by atoms with Gasteiger partial charge in [-0.15, -0.1) is 0 Å². The lowest BCUT2D eigenvalue weighted by atomic mass is 9.73. The molecule has 1 saturated heterocycles. The van der Waals surface area contributed by atoms with Crippen LogP contribution in [0.25, 0.3) is 0 Å². The van der Waals surface area contributed by atoms with Crippen LogP contribution >= 0.6 is 0 Å². The summed E-state index contributed by atoms with van der Waals surface area (Å²) in [5.41, 5.74) is 0.458. The summed E-state index contributed by atoms with van der Waals surface area (Å²) >= 11 is 0. The van der Waals surface area contributed by atoms with Crippen molar-refractivity contribution in [3.63, 3.8) is 0 Å². The Morgan fingerprint density at radius 1 is 1.24 bits per heavy atom. The average Bonchev–Trinajstić information content (AvgIpc) is 2.61. The number of carbonyl (C=O) groups is 1. The van der Waals surface area contributed by atoms with Gasteiger partial charge < -0.3 is 4.90 Å². The predicted molar refractivity (Wildman–Crippen MR) is 70.7 cm³/mol. The highest BCUT2D eigenvalue weighted by Gasteiger charge is 2.56. The Morgan fingerprint density at radius 2 is 1.76 bits per heavy atom. The summed E-state index contributed by atoms with van der Waals surface area (Å²) in [5, 5.41) is 0. The van der Waals surface area contributed by atoms with Gasteiger partial charge in [0.2, 0.25) is 5.91 Å². The maximum atomic E-state index is 12.6. The first-order valence-electron chi connectivity index (χ1n) is 6.91. The van der Waals surface area contributed by atoms with Crippen LogP contribution < -0.4 is 0 Å². The quantitative estimate of drug-likeness (QED) is 0.684. The number of nitrogens with zero attached hydrogens (tertiary/aromatic N) is 1. The standard InChI is InChI=1S/C15H27NO/c1-13(2,3)15(6)8-7-9-16(15)12(17)11-10-14(11,4)5/h11H,7-10H2,1-6H3/t11-,15-/m0/s1. The Balaban J connectivity index is 2.19. The molecule has 2 fully saturated rings. The second kappa shape index (κ2) is 3.49. The van der Waals surface area contributed by atoms with Gasteiger partial charge in [0.05, 0.1) is 0 Å². The Bertz CT molecular complexity index is 339. The summed E-state index contributed by atoms with van der Waals surface area (Å²) < 4.78 is 0. The van der Waals surface area contributed by atoms with E-state index in [1.165, 1.54) is 0 Å². The van der Waals surface area contributed by atoms with Crippen LogP contribution in [0.15, 0.2) is 0 Å². The number of rotatable bonds is 1. The molecule has 1 amide bonds. The lowest BCUT2D eigenvalue weighted by Crippen LogP contribution is -2.54. The van der Waals surface area contributed by atoms with Crippen LogP contribution in [0.4, 0.5) is 0 Å². The van der Waals surface area contributed by atoms with Crippen LogP contribution in [0, 0.1) is 16.7 Å². The fourth-order valence-corrected chi connectivity index (χ4v) is 3.17. The zero-order valence-electron chi connectivity index (χ0n) is 12.3. The minimum atomic E-state index is 0.0444. The van der Waals surface area contributed by atoms with E-state index < -0.39 is 0 Å². The van der Waals surface area contributed by atoms with Gasteiger partial charge in [0, 0.05) is 18.0 Å². The van der Waals surface area contributed by atoms with E-state index in [4.69, 9.17) is 0 Å². The van der Waals surface area contributed by atoms with Crippen molar-refractivity contribution in [2.75, 3.05) is 6.54 Å². The van der Waals surface area contributed by atoms with Gasteiger partial charge in [-0.25, -0.2) is 0 Å². The molecule has 2 rings (SSSR count). The molecule has 2 aliphatic rings. The van der Waals surface area contributed by atoms with Gasteiger partial charge in [0.15, 0.2) is 0 Å². The highest BCUT2D eigenvalue weighted by Crippen LogP contribution is 2.54. The van der Waals surface area contributed by atoms with Gasteiger partial charge in [0.25, 0.3) is 0 Å². The predicted octanol–water partition coefficient (Wildman–Crippen LogP) is 3.46. The maximum Gasteiger partial charge on any atom is 0.226 e. The summed E-state index contributed by atoms with van der Waals surface area (Å²) in [4.78, 5) is 14.8. The molecule has 0 aromatic heterocycles. The molecule has 1 aliphatic carbocycles. The molecular weight excluding hydrogens is 210 g/mol. The van der Waals surface area contributed by atoms with E-state index in [1.54, 1.807) is 0 Å². The van der Waals surface area contributed by atoms with Crippen molar-refractivity contribution in [2.45, 2.75) is 66.3 Å². The molecule has 17 heavy (non-hydrogen) atoms. The van der Waals surface area contributed by atoms with Gasteiger partial charge >= 0.3 is 0 Å². The molecule has 0 unspecified atom stereocenters. The van der Waals surface area contributed by atoms with Gasteiger partial charge in [-0.1, -0.05) is 34.6 Å². The molecule has 98 valence electrons. The average molecular weight is 237 g/mol. The Morgan fingerprint density at radius 3 is 2.18 bits per heavy atom. The minimum Gasteiger partial charge on any atom is -0.337 e. The van der Waals surface area contributed by atoms with E-state index in [-0.39, 0.29) is 22.3 Å². The summed E-state index contributed by atoms with van der Waals surface area (Å²) in [5.74, 6) is 0.687. The second-order valence-electron chi connectivity index (χ2n) is 7.86. The zero-order valence-corrected chi connectivity index (χ0v) is 12.3. The molecule has 0 bridgehead atoms. The Labute approximate surface area is 106 Å². The number of hydrogen-bond acceptors (Lipinski definition) is 1. The molecule has 2 heteroatoms. The maximum absolute atomic E-state index is 12.6. The van der Waals surface area contributed by atoms with Crippen molar-refractivity contribution >= 4 is 5.91 Å². The van der Waals surface area contributed by atoms with Crippen LogP contribution in [-0.4, -0.2) is 22.9 Å². The van der Waals surface area contributed by atoms with Gasteiger partial charge in [0.1, 0.15) is 0 Å². The van der Waals surface area contributed by atoms with Gasteiger partial charge in [-0.3, -0.25) is 4.79 Å². The minimum absolute atomic E-state index is 0.0444. The highest BCUT2D eigenvalue weighted by atomic mass is 16.2. The largest absolute Gasteiger partial charge is 0.337 e. The summed E-state index contributed by atoms with van der Waals surface area (Å²) in [6, 6.07) is 0. The Hall–Kier alpha value is -0.530. The first kappa shape index (κ1) is 12.9. The number of carbonyl (C=O) groups excluding carboxylic acids is 1. The topological polar surface area (TPSA) is 20.3 Å². The smallest absolute Gasteiger partial charge is 0.226 e. The summed E-state index contributed by atoms with van der Waals surface area (Å²) in [6.07, 6.45) is 3.38. The van der Waals surface area contributed by atoms with Crippen molar-refractivity contribution in [1.29, 1.82) is 0 Å². The summed E-state index contributed by atoms with van der Waals surface area (Å²) in [7, 11) is 0. The fourth-order valence-electron chi connectivity index (χ4n) is 3.17. The second-order valence-corrected chi connectivity index (χ2v) is 7.86. The highest BCUT2D eigenvalue weighted by molar-refractivity contribution is 5.83. The van der Waals surface area contributed by atoms with Crippen molar-refractivity contribution in [3.05, 3.63) is 0 Å². The van der Waals surface area contributed by atoms with E-state index in [0.717, 1.165) is 25.8 Å². The first-order chi connectivity index (χ1) is 7.59. The third-order valence-electron chi connectivity index (χ3n) is 5.33. The van der Waals surface area contributed by atoms with Crippen LogP contribution in [0.5, 0.6) is 0 Å². The monoisotopic (exact) mass is 237 g/mol. The van der Waals surface area contributed by atoms with E-state index in [1.807, 2.05) is 0 Å². The van der Waals surface area contributed by atoms with Gasteiger partial charge in [-0.2, -0.15) is 0 Å². The fraction of sp³-hybridized carbons (Fsp3) is 0.933. The van der Waals surface area contributed by atoms with Crippen molar-refractivity contribution in [3.8, 4) is 0 Å². The third-order valence-corrected chi connectivity index (χ3v) is 5.33. The SMILES string of the molecule is CC1(C)C[C@H]1C(=O)N1CCC[C@@]1(C)C(C)(C)C. The molecule has 0 N–H and O–H groups in total. The molecule has 1 heterocycles. The third kappa shape index (κ3) is 1.90. The molecule has 0 aromatic rings. The molecule has 1 saturated carbocycles. The molecule has 2 atom stereocenters. The molecule has 1 aliphatic heterocycles. The summed E-state index contributed by atoms with van der Waals surface area (Å²) in [6.45, 7) is 14.4. The van der Waals surface area contributed by atoms with E-state index in [2.05, 4.69) is 46.4 Å². The molecule has 0 aromatic carbocycles. The molecule has 0 spiro atoms. The lowest BCUT2D eigenvalue weighted by molar-refractivity contribution is -0.140. The lowest BCUT2D eigenvalue weighted by Gasteiger charge is -2.46. The van der Waals surface area contributed by atoms with Crippen LogP contribution in [0.3, 0.4) is 0 Å². The normalized spacial score (nSPS) is 36.1. The number of hydrogen-bond donors (Lipinski definition) is 0. The van der Waals surface area contributed by atoms with Crippen LogP contribution in [0.2, 0.25) is 0 Å². The van der Waals surface area contributed by atoms with E-state index in [0.29, 0.717) is 5.91 Å². The Kier molecular flexibility index (Phi) is 2.65. The molecule has 2 nitrogen and oxygen atoms in total. The van der Waals surface area contributed by atoms with Crippen molar-refractivity contribution < 1.29 is 4.79 Å². The van der Waals surface area contributed by atoms with E-state index in [9.17, 15) is 4.79 Å². The molecule has 0 radical (unpaired) electrons.